The van der Waals surface area contributed by atoms with E-state index < -0.39 is 0 Å². The quantitative estimate of drug-likeness (QED) is 0.779. The number of ether oxygens (including phenoxy) is 1. The van der Waals surface area contributed by atoms with Gasteiger partial charge in [0.15, 0.2) is 5.82 Å². The van der Waals surface area contributed by atoms with Crippen molar-refractivity contribution in [3.63, 3.8) is 0 Å². The summed E-state index contributed by atoms with van der Waals surface area (Å²) in [5.74, 6) is 2.44. The summed E-state index contributed by atoms with van der Waals surface area (Å²) in [6.07, 6.45) is 0. The van der Waals surface area contributed by atoms with Crippen molar-refractivity contribution in [3.05, 3.63) is 66.0 Å². The Morgan fingerprint density at radius 2 is 1.65 bits per heavy atom. The van der Waals surface area contributed by atoms with E-state index in [2.05, 4.69) is 48.1 Å². The highest BCUT2D eigenvalue weighted by molar-refractivity contribution is 5.56. The van der Waals surface area contributed by atoms with Crippen LogP contribution in [0.5, 0.6) is 5.75 Å². The summed E-state index contributed by atoms with van der Waals surface area (Å²) in [6.45, 7) is 6.89. The molecule has 1 aromatic heterocycles. The fraction of sp³-hybridized carbons (Fsp3) is 0.263. The number of hydrogen-bond donors (Lipinski definition) is 1. The lowest BCUT2D eigenvalue weighted by Crippen LogP contribution is -2.13. The molecule has 1 N–H and O–H groups in total. The molecule has 0 fully saturated rings. The molecule has 0 aliphatic heterocycles. The van der Waals surface area contributed by atoms with Crippen LogP contribution < -0.4 is 4.74 Å². The minimum atomic E-state index is -0.0377. The van der Waals surface area contributed by atoms with Crippen LogP contribution >= 0.6 is 0 Å². The Labute approximate surface area is 136 Å². The van der Waals surface area contributed by atoms with Crippen LogP contribution in [0.4, 0.5) is 0 Å². The molecule has 4 nitrogen and oxygen atoms in total. The van der Waals surface area contributed by atoms with E-state index in [1.807, 2.05) is 42.5 Å². The third-order valence-electron chi connectivity index (χ3n) is 3.56. The monoisotopic (exact) mass is 307 g/mol. The van der Waals surface area contributed by atoms with Crippen LogP contribution in [-0.4, -0.2) is 15.2 Å². The first-order valence-corrected chi connectivity index (χ1v) is 7.72. The number of nitrogens with zero attached hydrogens (tertiary/aromatic N) is 2. The van der Waals surface area contributed by atoms with E-state index in [9.17, 15) is 0 Å². The predicted octanol–water partition coefficient (Wildman–Crippen LogP) is 4.35. The number of rotatable bonds is 4. The summed E-state index contributed by atoms with van der Waals surface area (Å²) >= 11 is 0. The average Bonchev–Trinajstić information content (AvgIpc) is 3.05. The Hall–Kier alpha value is -2.62. The number of hydrogen-bond acceptors (Lipinski definition) is 3. The molecule has 0 unspecified atom stereocenters. The molecule has 3 aromatic rings. The minimum absolute atomic E-state index is 0.0377. The molecule has 118 valence electrons. The van der Waals surface area contributed by atoms with Gasteiger partial charge in [0, 0.05) is 11.0 Å². The molecule has 3 rings (SSSR count). The fourth-order valence-electron chi connectivity index (χ4n) is 2.17. The second-order valence-electron chi connectivity index (χ2n) is 6.56. The molecule has 0 saturated carbocycles. The van der Waals surface area contributed by atoms with Crippen molar-refractivity contribution in [3.8, 4) is 17.1 Å². The highest BCUT2D eigenvalue weighted by Gasteiger charge is 2.19. The van der Waals surface area contributed by atoms with Crippen LogP contribution in [0.2, 0.25) is 0 Å². The topological polar surface area (TPSA) is 50.8 Å². The largest absolute Gasteiger partial charge is 0.489 e. The molecule has 0 aliphatic carbocycles. The lowest BCUT2D eigenvalue weighted by molar-refractivity contribution is 0.306. The maximum Gasteiger partial charge on any atom is 0.181 e. The molecule has 0 amide bonds. The van der Waals surface area contributed by atoms with Gasteiger partial charge < -0.3 is 4.74 Å². The maximum atomic E-state index is 5.79. The van der Waals surface area contributed by atoms with E-state index in [4.69, 9.17) is 4.74 Å². The van der Waals surface area contributed by atoms with Gasteiger partial charge in [0.05, 0.1) is 0 Å². The number of H-pyrrole nitrogens is 1. The van der Waals surface area contributed by atoms with Crippen molar-refractivity contribution in [1.82, 2.24) is 15.2 Å². The average molecular weight is 307 g/mol. The second kappa shape index (κ2) is 6.24. The van der Waals surface area contributed by atoms with Gasteiger partial charge in [-0.05, 0) is 29.8 Å². The third-order valence-corrected chi connectivity index (χ3v) is 3.56. The molecule has 4 heteroatoms. The first-order valence-electron chi connectivity index (χ1n) is 7.72. The van der Waals surface area contributed by atoms with Gasteiger partial charge in [-0.2, -0.15) is 5.10 Å². The molecule has 0 bridgehead atoms. The van der Waals surface area contributed by atoms with E-state index in [0.717, 1.165) is 22.7 Å². The van der Waals surface area contributed by atoms with E-state index in [-0.39, 0.29) is 5.41 Å². The summed E-state index contributed by atoms with van der Waals surface area (Å²) < 4.78 is 5.79. The van der Waals surface area contributed by atoms with Crippen LogP contribution in [0.15, 0.2) is 54.6 Å². The Morgan fingerprint density at radius 3 is 2.26 bits per heavy atom. The molecule has 1 heterocycles. The van der Waals surface area contributed by atoms with Crippen molar-refractivity contribution in [2.45, 2.75) is 32.8 Å². The summed E-state index contributed by atoms with van der Waals surface area (Å²) in [7, 11) is 0. The van der Waals surface area contributed by atoms with Crippen molar-refractivity contribution in [2.24, 2.45) is 0 Å². The van der Waals surface area contributed by atoms with Crippen molar-refractivity contribution in [1.29, 1.82) is 0 Å². The fourth-order valence-corrected chi connectivity index (χ4v) is 2.17. The molecule has 0 atom stereocenters. The molecular formula is C19H21N3O. The molecule has 23 heavy (non-hydrogen) atoms. The van der Waals surface area contributed by atoms with Gasteiger partial charge in [-0.3, -0.25) is 5.10 Å². The summed E-state index contributed by atoms with van der Waals surface area (Å²) in [5, 5.41) is 7.31. The van der Waals surface area contributed by atoms with E-state index in [0.29, 0.717) is 12.4 Å². The van der Waals surface area contributed by atoms with E-state index >= 15 is 0 Å². The van der Waals surface area contributed by atoms with Gasteiger partial charge in [-0.1, -0.05) is 51.1 Å². The Morgan fingerprint density at radius 1 is 0.957 bits per heavy atom. The number of benzene rings is 2. The molecule has 0 aliphatic rings. The SMILES string of the molecule is CC(C)(C)c1nc(-c2ccc(OCc3ccccc3)cc2)n[nH]1. The first kappa shape index (κ1) is 15.3. The molecule has 0 radical (unpaired) electrons. The zero-order valence-corrected chi connectivity index (χ0v) is 13.7. The maximum absolute atomic E-state index is 5.79. The number of aromatic nitrogens is 3. The van der Waals surface area contributed by atoms with E-state index in [1.165, 1.54) is 0 Å². The van der Waals surface area contributed by atoms with Crippen molar-refractivity contribution < 1.29 is 4.74 Å². The van der Waals surface area contributed by atoms with Crippen LogP contribution in [0, 0.1) is 0 Å². The molecule has 0 saturated heterocycles. The van der Waals surface area contributed by atoms with Gasteiger partial charge in [-0.25, -0.2) is 4.98 Å². The zero-order valence-electron chi connectivity index (χ0n) is 13.7. The smallest absolute Gasteiger partial charge is 0.181 e. The Kier molecular flexibility index (Phi) is 4.15. The predicted molar refractivity (Wildman–Crippen MR) is 91.3 cm³/mol. The lowest BCUT2D eigenvalue weighted by Gasteiger charge is -2.12. The van der Waals surface area contributed by atoms with Crippen LogP contribution in [0.25, 0.3) is 11.4 Å². The molecule has 2 aromatic carbocycles. The number of nitrogens with one attached hydrogen (secondary N) is 1. The Bertz CT molecular complexity index is 755. The standard InChI is InChI=1S/C19H21N3O/c1-19(2,3)18-20-17(21-22-18)15-9-11-16(12-10-15)23-13-14-7-5-4-6-8-14/h4-12H,13H2,1-3H3,(H,20,21,22). The van der Waals surface area contributed by atoms with Gasteiger partial charge >= 0.3 is 0 Å². The van der Waals surface area contributed by atoms with Crippen LogP contribution in [0.1, 0.15) is 32.2 Å². The normalized spacial score (nSPS) is 11.4. The van der Waals surface area contributed by atoms with Crippen LogP contribution in [-0.2, 0) is 12.0 Å². The van der Waals surface area contributed by atoms with Crippen molar-refractivity contribution in [2.75, 3.05) is 0 Å². The third kappa shape index (κ3) is 3.77. The van der Waals surface area contributed by atoms with Gasteiger partial charge in [0.1, 0.15) is 18.2 Å². The molecule has 0 spiro atoms. The second-order valence-corrected chi connectivity index (χ2v) is 6.56. The van der Waals surface area contributed by atoms with Crippen molar-refractivity contribution >= 4 is 0 Å². The minimum Gasteiger partial charge on any atom is -0.489 e. The van der Waals surface area contributed by atoms with E-state index in [1.54, 1.807) is 0 Å². The van der Waals surface area contributed by atoms with Crippen LogP contribution in [0.3, 0.4) is 0 Å². The number of aromatic amines is 1. The van der Waals surface area contributed by atoms with Gasteiger partial charge in [-0.15, -0.1) is 0 Å². The highest BCUT2D eigenvalue weighted by atomic mass is 16.5. The highest BCUT2D eigenvalue weighted by Crippen LogP contribution is 2.23. The summed E-state index contributed by atoms with van der Waals surface area (Å²) in [4.78, 5) is 4.57. The Balaban J connectivity index is 1.68. The summed E-state index contributed by atoms with van der Waals surface area (Å²) in [6, 6.07) is 18.0. The zero-order chi connectivity index (χ0) is 16.3. The van der Waals surface area contributed by atoms with Gasteiger partial charge in [0.2, 0.25) is 0 Å². The summed E-state index contributed by atoms with van der Waals surface area (Å²) in [5.41, 5.74) is 2.09. The van der Waals surface area contributed by atoms with Gasteiger partial charge in [0.25, 0.3) is 0 Å². The first-order chi connectivity index (χ1) is 11.0. The molecular weight excluding hydrogens is 286 g/mol. The lowest BCUT2D eigenvalue weighted by atomic mass is 9.96.